The predicted molar refractivity (Wildman–Crippen MR) is 75.7 cm³/mol. The van der Waals surface area contributed by atoms with Gasteiger partial charge in [-0.15, -0.1) is 0 Å². The third-order valence-corrected chi connectivity index (χ3v) is 3.40. The summed E-state index contributed by atoms with van der Waals surface area (Å²) in [4.78, 5) is 48.7. The van der Waals surface area contributed by atoms with Gasteiger partial charge in [-0.2, -0.15) is 0 Å². The highest BCUT2D eigenvalue weighted by molar-refractivity contribution is 6.04. The van der Waals surface area contributed by atoms with Gasteiger partial charge in [0.05, 0.1) is 13.7 Å². The summed E-state index contributed by atoms with van der Waals surface area (Å²) >= 11 is 0. The molecule has 0 aromatic rings. The summed E-state index contributed by atoms with van der Waals surface area (Å²) < 4.78 is 9.39. The molecule has 0 spiro atoms. The average Bonchev–Trinajstić information content (AvgIpc) is 2.85. The predicted octanol–water partition coefficient (Wildman–Crippen LogP) is 0.448. The number of carbonyl (C=O) groups is 4. The van der Waals surface area contributed by atoms with Crippen LogP contribution in [0.15, 0.2) is 0 Å². The molecule has 22 heavy (non-hydrogen) atoms. The van der Waals surface area contributed by atoms with Gasteiger partial charge in [-0.25, -0.2) is 9.59 Å². The first-order chi connectivity index (χ1) is 10.3. The zero-order valence-electron chi connectivity index (χ0n) is 13.3. The van der Waals surface area contributed by atoms with Gasteiger partial charge in [0.2, 0.25) is 5.91 Å². The van der Waals surface area contributed by atoms with Crippen LogP contribution >= 0.6 is 0 Å². The molecule has 1 heterocycles. The second-order valence-corrected chi connectivity index (χ2v) is 5.27. The second-order valence-electron chi connectivity index (χ2n) is 5.27. The van der Waals surface area contributed by atoms with Crippen LogP contribution in [0.5, 0.6) is 0 Å². The van der Waals surface area contributed by atoms with E-state index < -0.39 is 36.0 Å². The molecule has 0 radical (unpaired) electrons. The van der Waals surface area contributed by atoms with Crippen molar-refractivity contribution in [2.45, 2.75) is 45.7 Å². The minimum atomic E-state index is -0.952. The van der Waals surface area contributed by atoms with Crippen molar-refractivity contribution in [3.8, 4) is 0 Å². The molecule has 1 rings (SSSR count). The number of ether oxygens (including phenoxy) is 2. The molecule has 0 bridgehead atoms. The van der Waals surface area contributed by atoms with E-state index in [0.29, 0.717) is 0 Å². The van der Waals surface area contributed by atoms with Gasteiger partial charge in [0.25, 0.3) is 5.91 Å². The molecule has 2 atom stereocenters. The number of alkyl carbamates (subject to hydrolysis) is 1. The molecule has 1 aliphatic heterocycles. The summed E-state index contributed by atoms with van der Waals surface area (Å²) in [7, 11) is 1.18. The van der Waals surface area contributed by atoms with Crippen LogP contribution < -0.4 is 5.32 Å². The largest absolute Gasteiger partial charge is 0.464 e. The van der Waals surface area contributed by atoms with Gasteiger partial charge in [-0.1, -0.05) is 13.8 Å². The minimum absolute atomic E-state index is 0.0955. The number of amides is 3. The van der Waals surface area contributed by atoms with E-state index in [2.05, 4.69) is 10.1 Å². The number of likely N-dealkylation sites (tertiary alicyclic amines) is 1. The Hall–Kier alpha value is -2.12. The number of methoxy groups -OCH3 is 1. The molecule has 0 unspecified atom stereocenters. The van der Waals surface area contributed by atoms with Gasteiger partial charge < -0.3 is 14.8 Å². The Morgan fingerprint density at radius 2 is 2.00 bits per heavy atom. The van der Waals surface area contributed by atoms with Crippen LogP contribution in [0.25, 0.3) is 0 Å². The van der Waals surface area contributed by atoms with Gasteiger partial charge in [-0.05, 0) is 19.3 Å². The third kappa shape index (κ3) is 3.96. The van der Waals surface area contributed by atoms with Crippen molar-refractivity contribution < 1.29 is 28.7 Å². The molecule has 0 aromatic carbocycles. The van der Waals surface area contributed by atoms with Crippen LogP contribution in [0.4, 0.5) is 4.79 Å². The lowest BCUT2D eigenvalue weighted by Gasteiger charge is -2.28. The zero-order chi connectivity index (χ0) is 16.9. The maximum Gasteiger partial charge on any atom is 0.407 e. The Kier molecular flexibility index (Phi) is 6.33. The van der Waals surface area contributed by atoms with Gasteiger partial charge in [0.1, 0.15) is 12.1 Å². The zero-order valence-corrected chi connectivity index (χ0v) is 13.3. The molecular weight excluding hydrogens is 292 g/mol. The molecule has 1 saturated heterocycles. The number of esters is 1. The summed E-state index contributed by atoms with van der Waals surface area (Å²) in [6.45, 7) is 5.26. The molecule has 0 aromatic heterocycles. The Morgan fingerprint density at radius 1 is 1.36 bits per heavy atom. The normalized spacial score (nSPS) is 19.0. The molecule has 3 amide bonds. The monoisotopic (exact) mass is 314 g/mol. The molecule has 8 nitrogen and oxygen atoms in total. The number of nitrogens with zero attached hydrogens (tertiary/aromatic N) is 1. The number of carbonyl (C=O) groups excluding carboxylic acids is 4. The molecule has 1 N–H and O–H groups in total. The van der Waals surface area contributed by atoms with Crippen molar-refractivity contribution >= 4 is 23.9 Å². The molecule has 1 fully saturated rings. The first kappa shape index (κ1) is 17.9. The van der Waals surface area contributed by atoms with E-state index in [-0.39, 0.29) is 25.4 Å². The van der Waals surface area contributed by atoms with Crippen LogP contribution in [-0.4, -0.2) is 54.6 Å². The number of rotatable bonds is 5. The highest BCUT2D eigenvalue weighted by Gasteiger charge is 2.44. The lowest BCUT2D eigenvalue weighted by molar-refractivity contribution is -0.158. The molecule has 124 valence electrons. The summed E-state index contributed by atoms with van der Waals surface area (Å²) in [5.41, 5.74) is 0. The quantitative estimate of drug-likeness (QED) is 0.739. The van der Waals surface area contributed by atoms with Crippen molar-refractivity contribution in [2.24, 2.45) is 5.92 Å². The number of hydrogen-bond donors (Lipinski definition) is 1. The fourth-order valence-electron chi connectivity index (χ4n) is 2.27. The highest BCUT2D eigenvalue weighted by atomic mass is 16.5. The standard InChI is InChI=1S/C14H22N2O6/c1-5-22-13(19)9-6-7-10(17)16(9)12(18)11(8(2)3)15-14(20)21-4/h8-9,11H,5-7H2,1-4H3,(H,15,20)/t9-,11-/m0/s1. The van der Waals surface area contributed by atoms with E-state index in [0.717, 1.165) is 4.90 Å². The van der Waals surface area contributed by atoms with Crippen molar-refractivity contribution in [1.29, 1.82) is 0 Å². The molecule has 0 aliphatic carbocycles. The smallest absolute Gasteiger partial charge is 0.407 e. The number of nitrogens with one attached hydrogen (secondary N) is 1. The first-order valence-corrected chi connectivity index (χ1v) is 7.20. The van der Waals surface area contributed by atoms with Gasteiger partial charge >= 0.3 is 12.1 Å². The minimum Gasteiger partial charge on any atom is -0.464 e. The number of hydrogen-bond acceptors (Lipinski definition) is 6. The SMILES string of the molecule is CCOC(=O)[C@@H]1CCC(=O)N1C(=O)[C@@H](NC(=O)OC)C(C)C. The Balaban J connectivity index is 2.96. The van der Waals surface area contributed by atoms with Gasteiger partial charge in [-0.3, -0.25) is 14.5 Å². The van der Waals surface area contributed by atoms with Crippen LogP contribution in [0.2, 0.25) is 0 Å². The van der Waals surface area contributed by atoms with Crippen LogP contribution in [0, 0.1) is 5.92 Å². The maximum absolute atomic E-state index is 12.6. The summed E-state index contributed by atoms with van der Waals surface area (Å²) in [5, 5.41) is 2.40. The fraction of sp³-hybridized carbons (Fsp3) is 0.714. The van der Waals surface area contributed by atoms with E-state index in [1.54, 1.807) is 20.8 Å². The average molecular weight is 314 g/mol. The van der Waals surface area contributed by atoms with E-state index in [9.17, 15) is 19.2 Å². The van der Waals surface area contributed by atoms with E-state index >= 15 is 0 Å². The molecular formula is C14H22N2O6. The molecule has 1 aliphatic rings. The van der Waals surface area contributed by atoms with E-state index in [4.69, 9.17) is 4.74 Å². The fourth-order valence-corrected chi connectivity index (χ4v) is 2.27. The highest BCUT2D eigenvalue weighted by Crippen LogP contribution is 2.22. The lowest BCUT2D eigenvalue weighted by atomic mass is 10.0. The van der Waals surface area contributed by atoms with Crippen LogP contribution in [0.3, 0.4) is 0 Å². The summed E-state index contributed by atoms with van der Waals surface area (Å²) in [6.07, 6.45) is -0.448. The second kappa shape index (κ2) is 7.77. The topological polar surface area (TPSA) is 102 Å². The Morgan fingerprint density at radius 3 is 2.50 bits per heavy atom. The van der Waals surface area contributed by atoms with Gasteiger partial charge in [0, 0.05) is 6.42 Å². The van der Waals surface area contributed by atoms with Crippen molar-refractivity contribution in [2.75, 3.05) is 13.7 Å². The third-order valence-electron chi connectivity index (χ3n) is 3.40. The first-order valence-electron chi connectivity index (χ1n) is 7.20. The van der Waals surface area contributed by atoms with E-state index in [1.807, 2.05) is 0 Å². The summed E-state index contributed by atoms with van der Waals surface area (Å²) in [5.74, 6) is -1.95. The van der Waals surface area contributed by atoms with Crippen LogP contribution in [-0.2, 0) is 23.9 Å². The van der Waals surface area contributed by atoms with Crippen molar-refractivity contribution in [1.82, 2.24) is 10.2 Å². The lowest BCUT2D eigenvalue weighted by Crippen LogP contribution is -2.55. The Labute approximate surface area is 129 Å². The van der Waals surface area contributed by atoms with Crippen molar-refractivity contribution in [3.63, 3.8) is 0 Å². The van der Waals surface area contributed by atoms with Crippen LogP contribution in [0.1, 0.15) is 33.6 Å². The van der Waals surface area contributed by atoms with E-state index in [1.165, 1.54) is 7.11 Å². The number of imide groups is 1. The van der Waals surface area contributed by atoms with Gasteiger partial charge in [0.15, 0.2) is 0 Å². The summed E-state index contributed by atoms with van der Waals surface area (Å²) in [6, 6.07) is -1.88. The maximum atomic E-state index is 12.6. The van der Waals surface area contributed by atoms with Crippen molar-refractivity contribution in [3.05, 3.63) is 0 Å². The Bertz CT molecular complexity index is 462. The molecule has 0 saturated carbocycles. The molecule has 8 heteroatoms.